The van der Waals surface area contributed by atoms with Crippen molar-refractivity contribution in [1.29, 1.82) is 0 Å². The predicted molar refractivity (Wildman–Crippen MR) is 73.8 cm³/mol. The maximum absolute atomic E-state index is 11.8. The number of carbonyl (C=O) groups excluding carboxylic acids is 2. The standard InChI is InChI=1S/C14H26N2O3/c1-11(2)10-19-14(18)16-9-8-15-13(17)12-6-4-3-5-7-12/h11-12H,3-10H2,1-2H3,(H,15,17)(H,16,18). The van der Waals surface area contributed by atoms with Crippen LogP contribution in [0.25, 0.3) is 0 Å². The van der Waals surface area contributed by atoms with Crippen LogP contribution in [-0.4, -0.2) is 31.7 Å². The van der Waals surface area contributed by atoms with Gasteiger partial charge in [0.05, 0.1) is 6.61 Å². The van der Waals surface area contributed by atoms with Crippen LogP contribution in [0.1, 0.15) is 46.0 Å². The zero-order valence-corrected chi connectivity index (χ0v) is 12.0. The molecule has 2 N–H and O–H groups in total. The molecule has 19 heavy (non-hydrogen) atoms. The van der Waals surface area contributed by atoms with Gasteiger partial charge in [-0.1, -0.05) is 33.1 Å². The molecule has 0 aromatic heterocycles. The number of nitrogens with one attached hydrogen (secondary N) is 2. The van der Waals surface area contributed by atoms with Gasteiger partial charge in [0.25, 0.3) is 0 Å². The highest BCUT2D eigenvalue weighted by molar-refractivity contribution is 5.78. The summed E-state index contributed by atoms with van der Waals surface area (Å²) >= 11 is 0. The first-order valence-corrected chi connectivity index (χ1v) is 7.28. The van der Waals surface area contributed by atoms with E-state index in [2.05, 4.69) is 10.6 Å². The number of rotatable bonds is 6. The molecule has 0 aliphatic heterocycles. The number of amides is 2. The average Bonchev–Trinajstić information content (AvgIpc) is 2.42. The van der Waals surface area contributed by atoms with E-state index in [1.807, 2.05) is 13.8 Å². The minimum atomic E-state index is -0.416. The second kappa shape index (κ2) is 8.77. The summed E-state index contributed by atoms with van der Waals surface area (Å²) in [6, 6.07) is 0. The second-order valence-electron chi connectivity index (χ2n) is 5.55. The van der Waals surface area contributed by atoms with E-state index in [-0.39, 0.29) is 11.8 Å². The smallest absolute Gasteiger partial charge is 0.407 e. The quantitative estimate of drug-likeness (QED) is 0.726. The van der Waals surface area contributed by atoms with E-state index in [1.54, 1.807) is 0 Å². The normalized spacial score (nSPS) is 16.2. The van der Waals surface area contributed by atoms with Crippen LogP contribution in [0.2, 0.25) is 0 Å². The van der Waals surface area contributed by atoms with E-state index in [0.717, 1.165) is 25.7 Å². The van der Waals surface area contributed by atoms with Gasteiger partial charge in [0.2, 0.25) is 5.91 Å². The maximum Gasteiger partial charge on any atom is 0.407 e. The summed E-state index contributed by atoms with van der Waals surface area (Å²) < 4.78 is 4.96. The minimum Gasteiger partial charge on any atom is -0.449 e. The SMILES string of the molecule is CC(C)COC(=O)NCCNC(=O)C1CCCCC1. The van der Waals surface area contributed by atoms with Crippen molar-refractivity contribution in [1.82, 2.24) is 10.6 Å². The molecule has 0 aromatic carbocycles. The van der Waals surface area contributed by atoms with Gasteiger partial charge in [-0.2, -0.15) is 0 Å². The van der Waals surface area contributed by atoms with Crippen molar-refractivity contribution in [3.8, 4) is 0 Å². The third-order valence-electron chi connectivity index (χ3n) is 3.22. The van der Waals surface area contributed by atoms with E-state index in [0.29, 0.717) is 25.6 Å². The van der Waals surface area contributed by atoms with Crippen LogP contribution < -0.4 is 10.6 Å². The van der Waals surface area contributed by atoms with Gasteiger partial charge in [0.1, 0.15) is 0 Å². The number of carbonyl (C=O) groups is 2. The van der Waals surface area contributed by atoms with Gasteiger partial charge in [0.15, 0.2) is 0 Å². The molecule has 1 aliphatic rings. The highest BCUT2D eigenvalue weighted by Gasteiger charge is 2.20. The van der Waals surface area contributed by atoms with Crippen LogP contribution in [0.5, 0.6) is 0 Å². The lowest BCUT2D eigenvalue weighted by Gasteiger charge is -2.20. The Morgan fingerprint density at radius 1 is 1.11 bits per heavy atom. The summed E-state index contributed by atoms with van der Waals surface area (Å²) in [5.41, 5.74) is 0. The fraction of sp³-hybridized carbons (Fsp3) is 0.857. The lowest BCUT2D eigenvalue weighted by Crippen LogP contribution is -2.38. The van der Waals surface area contributed by atoms with E-state index < -0.39 is 6.09 Å². The van der Waals surface area contributed by atoms with Crippen LogP contribution in [0, 0.1) is 11.8 Å². The number of ether oxygens (including phenoxy) is 1. The Morgan fingerprint density at radius 3 is 2.37 bits per heavy atom. The van der Waals surface area contributed by atoms with Crippen molar-refractivity contribution in [2.45, 2.75) is 46.0 Å². The molecule has 0 aromatic rings. The summed E-state index contributed by atoms with van der Waals surface area (Å²) in [7, 11) is 0. The zero-order valence-electron chi connectivity index (χ0n) is 12.0. The first kappa shape index (κ1) is 15.8. The first-order valence-electron chi connectivity index (χ1n) is 7.28. The molecule has 2 amide bonds. The second-order valence-corrected chi connectivity index (χ2v) is 5.55. The van der Waals surface area contributed by atoms with Gasteiger partial charge in [0, 0.05) is 19.0 Å². The Hall–Kier alpha value is -1.26. The number of hydrogen-bond donors (Lipinski definition) is 2. The van der Waals surface area contributed by atoms with Crippen molar-refractivity contribution >= 4 is 12.0 Å². The largest absolute Gasteiger partial charge is 0.449 e. The van der Waals surface area contributed by atoms with Crippen molar-refractivity contribution in [3.05, 3.63) is 0 Å². The number of hydrogen-bond acceptors (Lipinski definition) is 3. The predicted octanol–water partition coefficient (Wildman–Crippen LogP) is 2.07. The maximum atomic E-state index is 11.8. The average molecular weight is 270 g/mol. The van der Waals surface area contributed by atoms with Crippen molar-refractivity contribution in [2.24, 2.45) is 11.8 Å². The lowest BCUT2D eigenvalue weighted by atomic mass is 9.89. The minimum absolute atomic E-state index is 0.122. The highest BCUT2D eigenvalue weighted by Crippen LogP contribution is 2.23. The van der Waals surface area contributed by atoms with Gasteiger partial charge in [-0.3, -0.25) is 4.79 Å². The molecule has 0 bridgehead atoms. The van der Waals surface area contributed by atoms with Crippen LogP contribution in [0.15, 0.2) is 0 Å². The highest BCUT2D eigenvalue weighted by atomic mass is 16.5. The molecule has 1 fully saturated rings. The van der Waals surface area contributed by atoms with Crippen molar-refractivity contribution < 1.29 is 14.3 Å². The Bertz CT molecular complexity index is 286. The molecule has 110 valence electrons. The summed E-state index contributed by atoms with van der Waals surface area (Å²) in [5, 5.41) is 5.48. The van der Waals surface area contributed by atoms with Crippen LogP contribution >= 0.6 is 0 Å². The Kier molecular flexibility index (Phi) is 7.30. The van der Waals surface area contributed by atoms with Gasteiger partial charge < -0.3 is 15.4 Å². The van der Waals surface area contributed by atoms with Crippen LogP contribution in [0.3, 0.4) is 0 Å². The third-order valence-corrected chi connectivity index (χ3v) is 3.22. The summed E-state index contributed by atoms with van der Waals surface area (Å²) in [6.45, 7) is 5.26. The molecule has 0 heterocycles. The molecule has 0 radical (unpaired) electrons. The van der Waals surface area contributed by atoms with E-state index >= 15 is 0 Å². The van der Waals surface area contributed by atoms with Crippen LogP contribution in [-0.2, 0) is 9.53 Å². The third kappa shape index (κ3) is 7.03. The molecule has 1 rings (SSSR count). The molecule has 0 spiro atoms. The fourth-order valence-corrected chi connectivity index (χ4v) is 2.15. The molecule has 0 saturated heterocycles. The Balaban J connectivity index is 2.03. The molecule has 5 nitrogen and oxygen atoms in total. The van der Waals surface area contributed by atoms with Gasteiger partial charge in [-0.05, 0) is 18.8 Å². The number of alkyl carbamates (subject to hydrolysis) is 1. The molecule has 1 saturated carbocycles. The summed E-state index contributed by atoms with van der Waals surface area (Å²) in [6.07, 6.45) is 5.12. The van der Waals surface area contributed by atoms with E-state index in [1.165, 1.54) is 6.42 Å². The van der Waals surface area contributed by atoms with Gasteiger partial charge in [-0.25, -0.2) is 4.79 Å². The lowest BCUT2D eigenvalue weighted by molar-refractivity contribution is -0.125. The van der Waals surface area contributed by atoms with Crippen LogP contribution in [0.4, 0.5) is 4.79 Å². The molecule has 0 unspecified atom stereocenters. The zero-order chi connectivity index (χ0) is 14.1. The Morgan fingerprint density at radius 2 is 1.74 bits per heavy atom. The van der Waals surface area contributed by atoms with E-state index in [9.17, 15) is 9.59 Å². The van der Waals surface area contributed by atoms with Gasteiger partial charge >= 0.3 is 6.09 Å². The molecular formula is C14H26N2O3. The van der Waals surface area contributed by atoms with Crippen molar-refractivity contribution in [3.63, 3.8) is 0 Å². The molecule has 1 aliphatic carbocycles. The molecule has 0 atom stereocenters. The molecular weight excluding hydrogens is 244 g/mol. The Labute approximate surface area is 115 Å². The topological polar surface area (TPSA) is 67.4 Å². The van der Waals surface area contributed by atoms with Gasteiger partial charge in [-0.15, -0.1) is 0 Å². The summed E-state index contributed by atoms with van der Waals surface area (Å²) in [5.74, 6) is 0.621. The fourth-order valence-electron chi connectivity index (χ4n) is 2.15. The van der Waals surface area contributed by atoms with Crippen molar-refractivity contribution in [2.75, 3.05) is 19.7 Å². The first-order chi connectivity index (χ1) is 9.09. The van der Waals surface area contributed by atoms with E-state index in [4.69, 9.17) is 4.74 Å². The summed E-state index contributed by atoms with van der Waals surface area (Å²) in [4.78, 5) is 23.1. The molecule has 5 heteroatoms. The monoisotopic (exact) mass is 270 g/mol.